The van der Waals surface area contributed by atoms with Gasteiger partial charge in [0.25, 0.3) is 0 Å². The molecule has 1 heteroatoms. The minimum Gasteiger partial charge on any atom is -0.330 e. The van der Waals surface area contributed by atoms with Crippen molar-refractivity contribution in [1.29, 1.82) is 0 Å². The van der Waals surface area contributed by atoms with Crippen LogP contribution in [0.15, 0.2) is 0 Å². The number of hydrogen-bond acceptors (Lipinski definition) is 1. The molecule has 0 aliphatic carbocycles. The molecule has 1 nitrogen and oxygen atoms in total. The van der Waals surface area contributed by atoms with Gasteiger partial charge in [-0.15, -0.1) is 0 Å². The van der Waals surface area contributed by atoms with Crippen LogP contribution in [0.1, 0.15) is 47.0 Å². The molecule has 0 aliphatic heterocycles. The molecule has 1 unspecified atom stereocenters. The minimum atomic E-state index is 0.462. The van der Waals surface area contributed by atoms with Crippen LogP contribution in [-0.2, 0) is 0 Å². The summed E-state index contributed by atoms with van der Waals surface area (Å²) in [5, 5.41) is 0. The highest BCUT2D eigenvalue weighted by Gasteiger charge is 2.21. The van der Waals surface area contributed by atoms with Gasteiger partial charge in [-0.25, -0.2) is 0 Å². The summed E-state index contributed by atoms with van der Waals surface area (Å²) >= 11 is 0. The SMILES string of the molecule is CCC(CCCN)C(C)(C)C. The topological polar surface area (TPSA) is 26.0 Å². The number of nitrogens with two attached hydrogens (primary N) is 1. The van der Waals surface area contributed by atoms with Gasteiger partial charge in [-0.1, -0.05) is 34.1 Å². The fourth-order valence-electron chi connectivity index (χ4n) is 1.61. The van der Waals surface area contributed by atoms with Crippen LogP contribution in [-0.4, -0.2) is 6.54 Å². The summed E-state index contributed by atoms with van der Waals surface area (Å²) in [6.45, 7) is 10.1. The average molecular weight is 157 g/mol. The highest BCUT2D eigenvalue weighted by Crippen LogP contribution is 2.31. The fourth-order valence-corrected chi connectivity index (χ4v) is 1.61. The van der Waals surface area contributed by atoms with Gasteiger partial charge < -0.3 is 5.73 Å². The summed E-state index contributed by atoms with van der Waals surface area (Å²) in [4.78, 5) is 0. The molecule has 2 N–H and O–H groups in total. The lowest BCUT2D eigenvalue weighted by atomic mass is 9.76. The van der Waals surface area contributed by atoms with Crippen LogP contribution in [0.3, 0.4) is 0 Å². The molecule has 0 rings (SSSR count). The molecule has 0 saturated carbocycles. The van der Waals surface area contributed by atoms with Crippen LogP contribution < -0.4 is 5.73 Å². The average Bonchev–Trinajstić information content (AvgIpc) is 1.87. The van der Waals surface area contributed by atoms with Gasteiger partial charge in [0.15, 0.2) is 0 Å². The molecule has 0 spiro atoms. The van der Waals surface area contributed by atoms with Crippen LogP contribution in [0.2, 0.25) is 0 Å². The summed E-state index contributed by atoms with van der Waals surface area (Å²) < 4.78 is 0. The minimum absolute atomic E-state index is 0.462. The Morgan fingerprint density at radius 3 is 2.09 bits per heavy atom. The molecule has 0 fully saturated rings. The van der Waals surface area contributed by atoms with Crippen LogP contribution in [0.5, 0.6) is 0 Å². The first-order valence-electron chi connectivity index (χ1n) is 4.72. The second kappa shape index (κ2) is 4.76. The smallest absolute Gasteiger partial charge is 0.00772 e. The largest absolute Gasteiger partial charge is 0.330 e. The highest BCUT2D eigenvalue weighted by atomic mass is 14.5. The second-order valence-corrected chi connectivity index (χ2v) is 4.40. The molecule has 68 valence electrons. The standard InChI is InChI=1S/C10H23N/c1-5-9(7-6-8-11)10(2,3)4/h9H,5-8,11H2,1-4H3. The Morgan fingerprint density at radius 2 is 1.82 bits per heavy atom. The van der Waals surface area contributed by atoms with Crippen molar-refractivity contribution < 1.29 is 0 Å². The Balaban J connectivity index is 3.76. The third kappa shape index (κ3) is 4.41. The van der Waals surface area contributed by atoms with Crippen molar-refractivity contribution in [3.63, 3.8) is 0 Å². The maximum absolute atomic E-state index is 5.47. The van der Waals surface area contributed by atoms with Crippen molar-refractivity contribution in [1.82, 2.24) is 0 Å². The summed E-state index contributed by atoms with van der Waals surface area (Å²) in [6, 6.07) is 0. The van der Waals surface area contributed by atoms with Crippen molar-refractivity contribution >= 4 is 0 Å². The summed E-state index contributed by atoms with van der Waals surface area (Å²) in [6.07, 6.45) is 3.75. The predicted octanol–water partition coefficient (Wildman–Crippen LogP) is 2.80. The Kier molecular flexibility index (Phi) is 4.74. The Bertz CT molecular complexity index is 91.5. The Morgan fingerprint density at radius 1 is 1.27 bits per heavy atom. The quantitative estimate of drug-likeness (QED) is 0.667. The normalized spacial score (nSPS) is 15.0. The van der Waals surface area contributed by atoms with Gasteiger partial charge >= 0.3 is 0 Å². The van der Waals surface area contributed by atoms with E-state index in [2.05, 4.69) is 27.7 Å². The van der Waals surface area contributed by atoms with Crippen molar-refractivity contribution in [2.24, 2.45) is 17.1 Å². The molecular weight excluding hydrogens is 134 g/mol. The molecule has 1 atom stereocenters. The Hall–Kier alpha value is -0.0400. The lowest BCUT2D eigenvalue weighted by molar-refractivity contribution is 0.216. The van der Waals surface area contributed by atoms with E-state index in [9.17, 15) is 0 Å². The van der Waals surface area contributed by atoms with Gasteiger partial charge in [0.1, 0.15) is 0 Å². The highest BCUT2D eigenvalue weighted by molar-refractivity contribution is 4.72. The maximum atomic E-state index is 5.47. The van der Waals surface area contributed by atoms with E-state index in [-0.39, 0.29) is 0 Å². The van der Waals surface area contributed by atoms with E-state index in [1.54, 1.807) is 0 Å². The molecule has 0 aliphatic rings. The van der Waals surface area contributed by atoms with E-state index in [0.717, 1.165) is 12.5 Å². The summed E-state index contributed by atoms with van der Waals surface area (Å²) in [5.74, 6) is 0.839. The van der Waals surface area contributed by atoms with Gasteiger partial charge in [0.2, 0.25) is 0 Å². The third-order valence-corrected chi connectivity index (χ3v) is 2.47. The lowest BCUT2D eigenvalue weighted by Gasteiger charge is -2.29. The van der Waals surface area contributed by atoms with Crippen molar-refractivity contribution in [3.8, 4) is 0 Å². The monoisotopic (exact) mass is 157 g/mol. The molecular formula is C10H23N. The van der Waals surface area contributed by atoms with Gasteiger partial charge in [-0.05, 0) is 30.7 Å². The predicted molar refractivity (Wildman–Crippen MR) is 51.5 cm³/mol. The molecule has 0 radical (unpaired) electrons. The first-order valence-corrected chi connectivity index (χ1v) is 4.72. The van der Waals surface area contributed by atoms with E-state index in [0.29, 0.717) is 5.41 Å². The van der Waals surface area contributed by atoms with Crippen LogP contribution in [0.4, 0.5) is 0 Å². The molecule has 0 amide bonds. The van der Waals surface area contributed by atoms with E-state index in [4.69, 9.17) is 5.73 Å². The zero-order valence-electron chi connectivity index (χ0n) is 8.48. The molecule has 0 heterocycles. The zero-order chi connectivity index (χ0) is 8.91. The second-order valence-electron chi connectivity index (χ2n) is 4.40. The van der Waals surface area contributed by atoms with E-state index < -0.39 is 0 Å². The van der Waals surface area contributed by atoms with Gasteiger partial charge in [-0.2, -0.15) is 0 Å². The maximum Gasteiger partial charge on any atom is -0.00772 e. The number of rotatable bonds is 4. The van der Waals surface area contributed by atoms with Crippen LogP contribution in [0.25, 0.3) is 0 Å². The first kappa shape index (κ1) is 11.0. The van der Waals surface area contributed by atoms with Crippen LogP contribution in [0, 0.1) is 11.3 Å². The molecule has 0 saturated heterocycles. The molecule has 11 heavy (non-hydrogen) atoms. The molecule has 0 aromatic heterocycles. The van der Waals surface area contributed by atoms with Crippen molar-refractivity contribution in [2.75, 3.05) is 6.54 Å². The van der Waals surface area contributed by atoms with Gasteiger partial charge in [0.05, 0.1) is 0 Å². The molecule has 0 aromatic carbocycles. The first-order chi connectivity index (χ1) is 5.02. The Labute approximate surface area is 71.4 Å². The van der Waals surface area contributed by atoms with E-state index in [1.165, 1.54) is 19.3 Å². The lowest BCUT2D eigenvalue weighted by Crippen LogP contribution is -2.20. The van der Waals surface area contributed by atoms with Crippen LogP contribution >= 0.6 is 0 Å². The zero-order valence-corrected chi connectivity index (χ0v) is 8.48. The van der Waals surface area contributed by atoms with E-state index in [1.807, 2.05) is 0 Å². The number of hydrogen-bond donors (Lipinski definition) is 1. The summed E-state index contributed by atoms with van der Waals surface area (Å²) in [7, 11) is 0. The molecule has 0 bridgehead atoms. The van der Waals surface area contributed by atoms with Gasteiger partial charge in [-0.3, -0.25) is 0 Å². The van der Waals surface area contributed by atoms with Crippen molar-refractivity contribution in [3.05, 3.63) is 0 Å². The molecule has 0 aromatic rings. The third-order valence-electron chi connectivity index (χ3n) is 2.47. The van der Waals surface area contributed by atoms with Gasteiger partial charge in [0, 0.05) is 0 Å². The van der Waals surface area contributed by atoms with E-state index >= 15 is 0 Å². The fraction of sp³-hybridized carbons (Fsp3) is 1.00. The van der Waals surface area contributed by atoms with Crippen molar-refractivity contribution in [2.45, 2.75) is 47.0 Å². The summed E-state index contributed by atoms with van der Waals surface area (Å²) in [5.41, 5.74) is 5.94.